The normalized spacial score (nSPS) is 24.3. The lowest BCUT2D eigenvalue weighted by molar-refractivity contribution is 0.122. The first-order valence-corrected chi connectivity index (χ1v) is 9.11. The minimum atomic E-state index is -0.540. The Bertz CT molecular complexity index is 781. The van der Waals surface area contributed by atoms with E-state index in [4.69, 9.17) is 15.5 Å². The fraction of sp³-hybridized carbons (Fsp3) is 0.421. The highest BCUT2D eigenvalue weighted by molar-refractivity contribution is 5.97. The SMILES string of the molecule is CCC(C1=Nc2ccccc2OC1N)N1CCNCC1c1ncccn1. The summed E-state index contributed by atoms with van der Waals surface area (Å²) in [4.78, 5) is 16.2. The molecule has 7 heteroatoms. The Morgan fingerprint density at radius 3 is 2.88 bits per heavy atom. The van der Waals surface area contributed by atoms with Crippen molar-refractivity contribution in [2.24, 2.45) is 10.7 Å². The van der Waals surface area contributed by atoms with Gasteiger partial charge in [-0.15, -0.1) is 0 Å². The highest BCUT2D eigenvalue weighted by Crippen LogP contribution is 2.34. The molecular weight excluding hydrogens is 328 g/mol. The van der Waals surface area contributed by atoms with Crippen LogP contribution >= 0.6 is 0 Å². The Kier molecular flexibility index (Phi) is 4.92. The molecule has 0 bridgehead atoms. The molecule has 2 aliphatic heterocycles. The second-order valence-electron chi connectivity index (χ2n) is 6.53. The van der Waals surface area contributed by atoms with Gasteiger partial charge in [0.15, 0.2) is 6.23 Å². The number of hydrogen-bond acceptors (Lipinski definition) is 7. The average molecular weight is 352 g/mol. The van der Waals surface area contributed by atoms with E-state index in [0.29, 0.717) is 0 Å². The van der Waals surface area contributed by atoms with Crippen molar-refractivity contribution in [2.45, 2.75) is 31.7 Å². The van der Waals surface area contributed by atoms with Crippen LogP contribution in [0.1, 0.15) is 25.2 Å². The summed E-state index contributed by atoms with van der Waals surface area (Å²) in [6.07, 6.45) is 3.93. The van der Waals surface area contributed by atoms with Gasteiger partial charge in [-0.2, -0.15) is 0 Å². The van der Waals surface area contributed by atoms with Gasteiger partial charge in [0, 0.05) is 32.0 Å². The summed E-state index contributed by atoms with van der Waals surface area (Å²) >= 11 is 0. The van der Waals surface area contributed by atoms with Crippen LogP contribution in [0, 0.1) is 0 Å². The summed E-state index contributed by atoms with van der Waals surface area (Å²) < 4.78 is 5.93. The molecule has 0 radical (unpaired) electrons. The van der Waals surface area contributed by atoms with E-state index < -0.39 is 6.23 Å². The first-order valence-electron chi connectivity index (χ1n) is 9.11. The number of piperazine rings is 1. The maximum atomic E-state index is 6.33. The van der Waals surface area contributed by atoms with Crippen LogP contribution in [0.2, 0.25) is 0 Å². The number of aliphatic imine (C=N–C) groups is 1. The van der Waals surface area contributed by atoms with Crippen LogP contribution < -0.4 is 15.8 Å². The Morgan fingerprint density at radius 2 is 2.08 bits per heavy atom. The lowest BCUT2D eigenvalue weighted by Crippen LogP contribution is -2.57. The first kappa shape index (κ1) is 17.1. The van der Waals surface area contributed by atoms with Gasteiger partial charge < -0.3 is 10.1 Å². The van der Waals surface area contributed by atoms with E-state index >= 15 is 0 Å². The van der Waals surface area contributed by atoms with Gasteiger partial charge in [-0.3, -0.25) is 10.6 Å². The fourth-order valence-electron chi connectivity index (χ4n) is 3.74. The van der Waals surface area contributed by atoms with Crippen LogP contribution in [0.5, 0.6) is 5.75 Å². The maximum Gasteiger partial charge on any atom is 0.188 e. The van der Waals surface area contributed by atoms with Crippen molar-refractivity contribution < 1.29 is 4.74 Å². The maximum absolute atomic E-state index is 6.33. The third kappa shape index (κ3) is 3.21. The largest absolute Gasteiger partial charge is 0.468 e. The molecule has 0 saturated carbocycles. The standard InChI is InChI=1S/C19H24N6O/c1-2-14(17-18(20)26-16-7-4-3-6-13(16)24-17)25-11-10-21-12-15(25)19-22-8-5-9-23-19/h3-9,14-15,18,21H,2,10-12,20H2,1H3. The number of nitrogens with two attached hydrogens (primary N) is 1. The molecule has 2 aliphatic rings. The van der Waals surface area contributed by atoms with Crippen LogP contribution in [0.4, 0.5) is 5.69 Å². The third-order valence-corrected chi connectivity index (χ3v) is 4.96. The van der Waals surface area contributed by atoms with E-state index in [-0.39, 0.29) is 12.1 Å². The zero-order chi connectivity index (χ0) is 17.9. The van der Waals surface area contributed by atoms with Crippen LogP contribution in [0.3, 0.4) is 0 Å². The van der Waals surface area contributed by atoms with Crippen LogP contribution in [-0.2, 0) is 0 Å². The molecular formula is C19H24N6O. The van der Waals surface area contributed by atoms with Gasteiger partial charge in [0.2, 0.25) is 0 Å². The van der Waals surface area contributed by atoms with Crippen molar-refractivity contribution in [1.82, 2.24) is 20.2 Å². The van der Waals surface area contributed by atoms with E-state index in [9.17, 15) is 0 Å². The van der Waals surface area contributed by atoms with Gasteiger partial charge in [0.05, 0.1) is 17.8 Å². The predicted octanol–water partition coefficient (Wildman–Crippen LogP) is 1.65. The molecule has 0 aliphatic carbocycles. The molecule has 1 saturated heterocycles. The second kappa shape index (κ2) is 7.49. The zero-order valence-corrected chi connectivity index (χ0v) is 14.9. The summed E-state index contributed by atoms with van der Waals surface area (Å²) in [6, 6.07) is 9.77. The molecule has 1 aromatic carbocycles. The van der Waals surface area contributed by atoms with Gasteiger partial charge in [-0.25, -0.2) is 15.0 Å². The van der Waals surface area contributed by atoms with E-state index in [0.717, 1.165) is 49.0 Å². The zero-order valence-electron chi connectivity index (χ0n) is 14.9. The molecule has 3 atom stereocenters. The number of fused-ring (bicyclic) bond motifs is 1. The van der Waals surface area contributed by atoms with Gasteiger partial charge in [0.25, 0.3) is 0 Å². The topological polar surface area (TPSA) is 88.7 Å². The summed E-state index contributed by atoms with van der Waals surface area (Å²) in [5, 5.41) is 3.45. The molecule has 26 heavy (non-hydrogen) atoms. The van der Waals surface area contributed by atoms with Crippen molar-refractivity contribution in [3.8, 4) is 5.75 Å². The summed E-state index contributed by atoms with van der Waals surface area (Å²) in [5.41, 5.74) is 8.04. The third-order valence-electron chi connectivity index (χ3n) is 4.96. The van der Waals surface area contributed by atoms with Gasteiger partial charge >= 0.3 is 0 Å². The number of rotatable bonds is 4. The number of hydrogen-bond donors (Lipinski definition) is 2. The van der Waals surface area contributed by atoms with Crippen LogP contribution in [0.25, 0.3) is 0 Å². The molecule has 1 fully saturated rings. The second-order valence-corrected chi connectivity index (χ2v) is 6.53. The number of benzene rings is 1. The molecule has 2 aromatic rings. The number of aromatic nitrogens is 2. The Morgan fingerprint density at radius 1 is 1.27 bits per heavy atom. The van der Waals surface area contributed by atoms with Crippen molar-refractivity contribution >= 4 is 11.4 Å². The van der Waals surface area contributed by atoms with Gasteiger partial charge in [-0.05, 0) is 24.6 Å². The molecule has 0 spiro atoms. The molecule has 1 aromatic heterocycles. The first-order chi connectivity index (χ1) is 12.8. The van der Waals surface area contributed by atoms with Gasteiger partial charge in [0.1, 0.15) is 17.3 Å². The Hall–Kier alpha value is -2.35. The average Bonchev–Trinajstić information content (AvgIpc) is 2.70. The number of nitrogens with one attached hydrogen (secondary N) is 1. The summed E-state index contributed by atoms with van der Waals surface area (Å²) in [7, 11) is 0. The lowest BCUT2D eigenvalue weighted by Gasteiger charge is -2.42. The van der Waals surface area contributed by atoms with E-state index in [1.807, 2.05) is 30.3 Å². The smallest absolute Gasteiger partial charge is 0.188 e. The molecule has 7 nitrogen and oxygen atoms in total. The van der Waals surface area contributed by atoms with Crippen LogP contribution in [0.15, 0.2) is 47.7 Å². The summed E-state index contributed by atoms with van der Waals surface area (Å²) in [5.74, 6) is 1.56. The van der Waals surface area contributed by atoms with Crippen molar-refractivity contribution in [2.75, 3.05) is 19.6 Å². The molecule has 3 unspecified atom stereocenters. The predicted molar refractivity (Wildman–Crippen MR) is 101 cm³/mol. The van der Waals surface area contributed by atoms with Crippen molar-refractivity contribution in [1.29, 1.82) is 0 Å². The fourth-order valence-corrected chi connectivity index (χ4v) is 3.74. The number of nitrogens with zero attached hydrogens (tertiary/aromatic N) is 4. The quantitative estimate of drug-likeness (QED) is 0.870. The van der Waals surface area contributed by atoms with Crippen LogP contribution in [-0.4, -0.2) is 52.5 Å². The minimum Gasteiger partial charge on any atom is -0.468 e. The number of para-hydroxylation sites is 2. The van der Waals surface area contributed by atoms with Crippen molar-refractivity contribution in [3.05, 3.63) is 48.5 Å². The Balaban J connectivity index is 1.68. The molecule has 136 valence electrons. The van der Waals surface area contributed by atoms with E-state index in [1.54, 1.807) is 12.4 Å². The van der Waals surface area contributed by atoms with E-state index in [2.05, 4.69) is 27.1 Å². The highest BCUT2D eigenvalue weighted by Gasteiger charge is 2.37. The number of ether oxygens (including phenoxy) is 1. The van der Waals surface area contributed by atoms with E-state index in [1.165, 1.54) is 0 Å². The minimum absolute atomic E-state index is 0.0780. The molecule has 0 amide bonds. The molecule has 3 heterocycles. The summed E-state index contributed by atoms with van der Waals surface area (Å²) in [6.45, 7) is 4.76. The van der Waals surface area contributed by atoms with Crippen molar-refractivity contribution in [3.63, 3.8) is 0 Å². The monoisotopic (exact) mass is 352 g/mol. The van der Waals surface area contributed by atoms with Gasteiger partial charge in [-0.1, -0.05) is 19.1 Å². The molecule has 4 rings (SSSR count). The Labute approximate surface area is 153 Å². The highest BCUT2D eigenvalue weighted by atomic mass is 16.5. The lowest BCUT2D eigenvalue weighted by atomic mass is 10.00. The molecule has 3 N–H and O–H groups in total.